The minimum atomic E-state index is -1.39. The van der Waals surface area contributed by atoms with Gasteiger partial charge in [-0.2, -0.15) is 0 Å². The molecule has 0 aromatic carbocycles. The van der Waals surface area contributed by atoms with Crippen LogP contribution in [-0.2, 0) is 9.22 Å². The van der Waals surface area contributed by atoms with Crippen LogP contribution < -0.4 is 0 Å². The Kier molecular flexibility index (Phi) is 5.32. The molecule has 0 radical (unpaired) electrons. The highest BCUT2D eigenvalue weighted by Gasteiger charge is 2.17. The van der Waals surface area contributed by atoms with E-state index in [1.54, 1.807) is 0 Å². The van der Waals surface area contributed by atoms with E-state index in [2.05, 4.69) is 24.6 Å². The maximum absolute atomic E-state index is 9.76. The SMILES string of the molecule is C[Si](C)(C)OC([SiH3])CCN=C=O. The first-order chi connectivity index (χ1) is 5.45. The zero-order valence-corrected chi connectivity index (χ0v) is 11.3. The normalized spacial score (nSPS) is 13.9. The van der Waals surface area contributed by atoms with Gasteiger partial charge in [-0.1, -0.05) is 0 Å². The zero-order chi connectivity index (χ0) is 9.61. The Labute approximate surface area is 77.8 Å². The van der Waals surface area contributed by atoms with E-state index in [0.29, 0.717) is 12.3 Å². The average molecular weight is 203 g/mol. The summed E-state index contributed by atoms with van der Waals surface area (Å²) in [5.74, 6) is 0. The number of rotatable bonds is 5. The van der Waals surface area contributed by atoms with Gasteiger partial charge in [0, 0.05) is 16.0 Å². The Balaban J connectivity index is 3.59. The molecule has 1 atom stereocenters. The maximum atomic E-state index is 9.76. The van der Waals surface area contributed by atoms with E-state index in [9.17, 15) is 4.79 Å². The van der Waals surface area contributed by atoms with Crippen molar-refractivity contribution < 1.29 is 9.22 Å². The summed E-state index contributed by atoms with van der Waals surface area (Å²) in [6, 6.07) is 0. The van der Waals surface area contributed by atoms with E-state index in [1.165, 1.54) is 6.08 Å². The smallest absolute Gasteiger partial charge is 0.234 e. The quantitative estimate of drug-likeness (QED) is 0.365. The number of carbonyl (C=O) groups excluding carboxylic acids is 1. The standard InChI is InChI=1S/C7H17NO2Si2/c1-12(2,3)10-7(11)4-5-8-6-9/h7H,4-5H2,1-3,11H3. The van der Waals surface area contributed by atoms with E-state index in [-0.39, 0.29) is 0 Å². The van der Waals surface area contributed by atoms with Crippen LogP contribution in [-0.4, -0.2) is 36.9 Å². The molecule has 3 nitrogen and oxygen atoms in total. The Morgan fingerprint density at radius 1 is 1.58 bits per heavy atom. The molecular formula is C7H17NO2Si2. The maximum Gasteiger partial charge on any atom is 0.234 e. The number of hydrogen-bond donors (Lipinski definition) is 0. The molecule has 5 heteroatoms. The summed E-state index contributed by atoms with van der Waals surface area (Å²) in [6.45, 7) is 7.06. The van der Waals surface area contributed by atoms with Gasteiger partial charge in [0.2, 0.25) is 6.08 Å². The molecule has 0 bridgehead atoms. The Bertz CT molecular complexity index is 173. The van der Waals surface area contributed by atoms with E-state index < -0.39 is 8.32 Å². The van der Waals surface area contributed by atoms with Gasteiger partial charge in [-0.05, 0) is 26.1 Å². The van der Waals surface area contributed by atoms with Crippen molar-refractivity contribution in [3.05, 3.63) is 0 Å². The Morgan fingerprint density at radius 2 is 2.17 bits per heavy atom. The topological polar surface area (TPSA) is 38.7 Å². The lowest BCUT2D eigenvalue weighted by atomic mass is 10.5. The second kappa shape index (κ2) is 5.42. The van der Waals surface area contributed by atoms with Gasteiger partial charge in [0.25, 0.3) is 0 Å². The number of nitrogens with zero attached hydrogens (tertiary/aromatic N) is 1. The monoisotopic (exact) mass is 203 g/mol. The van der Waals surface area contributed by atoms with E-state index in [1.807, 2.05) is 0 Å². The largest absolute Gasteiger partial charge is 0.419 e. The van der Waals surface area contributed by atoms with Crippen LogP contribution >= 0.6 is 0 Å². The summed E-state index contributed by atoms with van der Waals surface area (Å²) in [5, 5.41) is 0. The third kappa shape index (κ3) is 7.88. The molecule has 0 saturated carbocycles. The summed E-state index contributed by atoms with van der Waals surface area (Å²) in [7, 11) is -0.376. The van der Waals surface area contributed by atoms with Crippen LogP contribution in [0.5, 0.6) is 0 Å². The summed E-state index contributed by atoms with van der Waals surface area (Å²) in [5.41, 5.74) is 0.341. The van der Waals surface area contributed by atoms with Crippen molar-refractivity contribution in [2.75, 3.05) is 6.54 Å². The van der Waals surface area contributed by atoms with E-state index >= 15 is 0 Å². The fourth-order valence-electron chi connectivity index (χ4n) is 0.954. The molecule has 0 amide bonds. The second-order valence-corrected chi connectivity index (χ2v) is 9.55. The molecule has 70 valence electrons. The summed E-state index contributed by atoms with van der Waals surface area (Å²) >= 11 is 0. The van der Waals surface area contributed by atoms with Gasteiger partial charge in [0.1, 0.15) is 0 Å². The van der Waals surface area contributed by atoms with Gasteiger partial charge in [0.05, 0.1) is 6.54 Å². The van der Waals surface area contributed by atoms with Crippen LogP contribution in [0, 0.1) is 0 Å². The predicted octanol–water partition coefficient (Wildman–Crippen LogP) is 0.255. The summed E-state index contributed by atoms with van der Waals surface area (Å²) < 4.78 is 5.80. The minimum Gasteiger partial charge on any atom is -0.419 e. The van der Waals surface area contributed by atoms with Crippen molar-refractivity contribution >= 4 is 24.6 Å². The van der Waals surface area contributed by atoms with Crippen molar-refractivity contribution in [1.29, 1.82) is 0 Å². The van der Waals surface area contributed by atoms with Crippen LogP contribution in [0.3, 0.4) is 0 Å². The molecule has 0 aliphatic heterocycles. The lowest BCUT2D eigenvalue weighted by Gasteiger charge is -2.22. The van der Waals surface area contributed by atoms with Crippen LogP contribution in [0.1, 0.15) is 6.42 Å². The molecule has 0 N–H and O–H groups in total. The number of hydrogen-bond acceptors (Lipinski definition) is 3. The zero-order valence-electron chi connectivity index (χ0n) is 8.26. The first-order valence-corrected chi connectivity index (χ1v) is 8.73. The molecular weight excluding hydrogens is 186 g/mol. The molecule has 0 aliphatic carbocycles. The Hall–Kier alpha value is -0.226. The average Bonchev–Trinajstić information content (AvgIpc) is 1.84. The van der Waals surface area contributed by atoms with Crippen molar-refractivity contribution in [2.45, 2.75) is 31.8 Å². The van der Waals surface area contributed by atoms with Gasteiger partial charge in [-0.25, -0.2) is 9.79 Å². The molecule has 0 heterocycles. The third-order valence-corrected chi connectivity index (χ3v) is 3.66. The van der Waals surface area contributed by atoms with Gasteiger partial charge in [0.15, 0.2) is 8.32 Å². The van der Waals surface area contributed by atoms with Crippen LogP contribution in [0.25, 0.3) is 0 Å². The number of isocyanates is 1. The molecule has 0 spiro atoms. The fraction of sp³-hybridized carbons (Fsp3) is 0.857. The molecule has 0 aliphatic rings. The van der Waals surface area contributed by atoms with Crippen molar-refractivity contribution in [2.24, 2.45) is 4.99 Å². The second-order valence-electron chi connectivity index (χ2n) is 3.80. The van der Waals surface area contributed by atoms with Crippen LogP contribution in [0.2, 0.25) is 19.6 Å². The fourth-order valence-corrected chi connectivity index (χ4v) is 4.66. The lowest BCUT2D eigenvalue weighted by molar-refractivity contribution is 0.266. The minimum absolute atomic E-state index is 0.341. The van der Waals surface area contributed by atoms with Crippen LogP contribution in [0.15, 0.2) is 4.99 Å². The Morgan fingerprint density at radius 3 is 2.58 bits per heavy atom. The van der Waals surface area contributed by atoms with Crippen molar-refractivity contribution in [3.8, 4) is 0 Å². The highest BCUT2D eigenvalue weighted by molar-refractivity contribution is 6.70. The van der Waals surface area contributed by atoms with Crippen LogP contribution in [0.4, 0.5) is 0 Å². The van der Waals surface area contributed by atoms with E-state index in [0.717, 1.165) is 16.7 Å². The third-order valence-electron chi connectivity index (χ3n) is 1.27. The number of aliphatic imine (C=N–C) groups is 1. The van der Waals surface area contributed by atoms with Gasteiger partial charge < -0.3 is 4.43 Å². The first kappa shape index (κ1) is 11.8. The summed E-state index contributed by atoms with van der Waals surface area (Å²) in [4.78, 5) is 13.3. The van der Waals surface area contributed by atoms with E-state index in [4.69, 9.17) is 4.43 Å². The van der Waals surface area contributed by atoms with Crippen molar-refractivity contribution in [3.63, 3.8) is 0 Å². The highest BCUT2D eigenvalue weighted by Crippen LogP contribution is 2.07. The first-order valence-electron chi connectivity index (χ1n) is 4.17. The van der Waals surface area contributed by atoms with Gasteiger partial charge in [-0.15, -0.1) is 0 Å². The molecule has 0 fully saturated rings. The van der Waals surface area contributed by atoms with Gasteiger partial charge in [-0.3, -0.25) is 0 Å². The molecule has 12 heavy (non-hydrogen) atoms. The lowest BCUT2D eigenvalue weighted by Crippen LogP contribution is -2.32. The van der Waals surface area contributed by atoms with Crippen molar-refractivity contribution in [1.82, 2.24) is 0 Å². The molecule has 0 saturated heterocycles. The molecule has 0 rings (SSSR count). The molecule has 1 unspecified atom stereocenters. The predicted molar refractivity (Wildman–Crippen MR) is 55.8 cm³/mol. The molecule has 0 aromatic rings. The van der Waals surface area contributed by atoms with Gasteiger partial charge >= 0.3 is 0 Å². The molecule has 0 aromatic heterocycles. The summed E-state index contributed by atoms with van der Waals surface area (Å²) in [6.07, 6.45) is 2.40. The highest BCUT2D eigenvalue weighted by atomic mass is 28.4.